The van der Waals surface area contributed by atoms with Crippen LogP contribution in [0.2, 0.25) is 0 Å². The number of aromatic amines is 1. The van der Waals surface area contributed by atoms with Crippen LogP contribution in [0.25, 0.3) is 55.2 Å². The third-order valence-electron chi connectivity index (χ3n) is 5.61. The molecule has 2 N–H and O–H groups in total. The van der Waals surface area contributed by atoms with Crippen LogP contribution in [-0.4, -0.2) is 20.1 Å². The van der Waals surface area contributed by atoms with Gasteiger partial charge in [0.2, 0.25) is 0 Å². The van der Waals surface area contributed by atoms with Crippen molar-refractivity contribution in [3.8, 4) is 28.3 Å². The zero-order valence-corrected chi connectivity index (χ0v) is 17.9. The highest BCUT2D eigenvalue weighted by atomic mass is 79.9. The fraction of sp³-hybridized carbons (Fsp3) is 0. The predicted octanol–water partition coefficient (Wildman–Crippen LogP) is 7.07. The molecular weight excluding hydrogens is 450 g/mol. The molecule has 31 heavy (non-hydrogen) atoms. The van der Waals surface area contributed by atoms with Crippen molar-refractivity contribution in [1.82, 2.24) is 15.0 Å². The average Bonchev–Trinajstić information content (AvgIpc) is 3.21. The maximum absolute atomic E-state index is 10.9. The average molecular weight is 466 g/mol. The summed E-state index contributed by atoms with van der Waals surface area (Å²) in [5, 5.41) is 14.0. The van der Waals surface area contributed by atoms with Gasteiger partial charge < -0.3 is 10.1 Å². The van der Waals surface area contributed by atoms with E-state index in [1.54, 1.807) is 6.07 Å². The molecule has 0 aliphatic carbocycles. The fourth-order valence-electron chi connectivity index (χ4n) is 4.16. The van der Waals surface area contributed by atoms with Crippen molar-refractivity contribution in [3.63, 3.8) is 0 Å². The number of nitrogens with zero attached hydrogens (tertiary/aromatic N) is 2. The van der Waals surface area contributed by atoms with Crippen molar-refractivity contribution in [1.29, 1.82) is 0 Å². The van der Waals surface area contributed by atoms with Gasteiger partial charge in [0.25, 0.3) is 0 Å². The Morgan fingerprint density at radius 1 is 0.742 bits per heavy atom. The third-order valence-corrected chi connectivity index (χ3v) is 6.11. The van der Waals surface area contributed by atoms with Crippen molar-refractivity contribution < 1.29 is 5.11 Å². The lowest BCUT2D eigenvalue weighted by molar-refractivity contribution is 0.478. The van der Waals surface area contributed by atoms with E-state index in [0.29, 0.717) is 11.3 Å². The van der Waals surface area contributed by atoms with Gasteiger partial charge in [-0.2, -0.15) is 0 Å². The monoisotopic (exact) mass is 465 g/mol. The quantitative estimate of drug-likeness (QED) is 0.287. The van der Waals surface area contributed by atoms with Crippen molar-refractivity contribution in [2.45, 2.75) is 0 Å². The highest BCUT2D eigenvalue weighted by Crippen LogP contribution is 2.42. The number of H-pyrrole nitrogens is 1. The van der Waals surface area contributed by atoms with Crippen molar-refractivity contribution in [2.75, 3.05) is 0 Å². The molecule has 0 amide bonds. The number of para-hydroxylation sites is 2. The minimum atomic E-state index is 0.186. The number of rotatable bonds is 2. The molecule has 4 nitrogen and oxygen atoms in total. The van der Waals surface area contributed by atoms with E-state index in [9.17, 15) is 5.11 Å². The molecule has 6 aromatic rings. The van der Waals surface area contributed by atoms with Crippen molar-refractivity contribution in [2.24, 2.45) is 0 Å². The van der Waals surface area contributed by atoms with Crippen LogP contribution in [-0.2, 0) is 0 Å². The van der Waals surface area contributed by atoms with Gasteiger partial charge in [-0.1, -0.05) is 58.4 Å². The molecule has 0 saturated heterocycles. The summed E-state index contributed by atoms with van der Waals surface area (Å²) in [5.41, 5.74) is 5.64. The largest absolute Gasteiger partial charge is 0.507 e. The minimum Gasteiger partial charge on any atom is -0.507 e. The van der Waals surface area contributed by atoms with Gasteiger partial charge in [-0.3, -0.25) is 0 Å². The zero-order valence-electron chi connectivity index (χ0n) is 16.3. The summed E-state index contributed by atoms with van der Waals surface area (Å²) in [6, 6.07) is 25.6. The normalized spacial score (nSPS) is 11.5. The number of hydrogen-bond acceptors (Lipinski definition) is 3. The van der Waals surface area contributed by atoms with Gasteiger partial charge in [-0.15, -0.1) is 0 Å². The van der Waals surface area contributed by atoms with Crippen LogP contribution in [0.15, 0.2) is 89.5 Å². The van der Waals surface area contributed by atoms with Crippen molar-refractivity contribution in [3.05, 3.63) is 89.5 Å². The number of aromatic hydroxyl groups is 1. The molecule has 0 spiro atoms. The van der Waals surface area contributed by atoms with Gasteiger partial charge in [0.1, 0.15) is 11.4 Å². The first-order valence-corrected chi connectivity index (χ1v) is 10.7. The van der Waals surface area contributed by atoms with Crippen LogP contribution in [0.3, 0.4) is 0 Å². The molecule has 6 rings (SSSR count). The van der Waals surface area contributed by atoms with Crippen LogP contribution in [0.1, 0.15) is 0 Å². The van der Waals surface area contributed by atoms with E-state index in [1.807, 2.05) is 72.9 Å². The van der Waals surface area contributed by atoms with Gasteiger partial charge >= 0.3 is 0 Å². The topological polar surface area (TPSA) is 61.8 Å². The Hall–Kier alpha value is -3.70. The molecule has 0 unspecified atom stereocenters. The zero-order chi connectivity index (χ0) is 20.9. The summed E-state index contributed by atoms with van der Waals surface area (Å²) in [7, 11) is 0. The van der Waals surface area contributed by atoms with E-state index in [2.05, 4.69) is 27.0 Å². The van der Waals surface area contributed by atoms with Gasteiger partial charge in [0, 0.05) is 27.1 Å². The van der Waals surface area contributed by atoms with Crippen LogP contribution < -0.4 is 0 Å². The van der Waals surface area contributed by atoms with Crippen LogP contribution in [0, 0.1) is 0 Å². The second-order valence-electron chi connectivity index (χ2n) is 7.48. The SMILES string of the molecule is Oc1ccc2ccccc2c1-c1nc2ccccc2nc1-c1c[nH]c2ccc(Br)cc12. The molecule has 2 heterocycles. The highest BCUT2D eigenvalue weighted by molar-refractivity contribution is 9.10. The molecule has 0 fully saturated rings. The molecule has 0 bridgehead atoms. The number of fused-ring (bicyclic) bond motifs is 3. The first-order valence-electron chi connectivity index (χ1n) is 9.94. The standard InChI is InChI=1S/C26H16BrN3O/c27-16-10-11-20-18(13-16)19(14-28-20)25-26(30-22-8-4-3-7-21(22)29-25)24-17-6-2-1-5-15(17)9-12-23(24)31/h1-14,28,31H. The highest BCUT2D eigenvalue weighted by Gasteiger charge is 2.20. The number of phenolic OH excluding ortho intramolecular Hbond substituents is 1. The predicted molar refractivity (Wildman–Crippen MR) is 129 cm³/mol. The first kappa shape index (κ1) is 18.1. The summed E-state index contributed by atoms with van der Waals surface area (Å²) in [6.07, 6.45) is 1.96. The van der Waals surface area contributed by atoms with Gasteiger partial charge in [0.05, 0.1) is 22.3 Å². The van der Waals surface area contributed by atoms with Crippen LogP contribution in [0.4, 0.5) is 0 Å². The molecule has 0 saturated carbocycles. The van der Waals surface area contributed by atoms with E-state index in [-0.39, 0.29) is 5.75 Å². The third kappa shape index (κ3) is 2.89. The lowest BCUT2D eigenvalue weighted by atomic mass is 9.97. The number of halogens is 1. The molecule has 148 valence electrons. The Labute approximate surface area is 186 Å². The van der Waals surface area contributed by atoms with Gasteiger partial charge in [-0.25, -0.2) is 9.97 Å². The number of benzene rings is 4. The van der Waals surface area contributed by atoms with Gasteiger partial charge in [0.15, 0.2) is 0 Å². The second-order valence-corrected chi connectivity index (χ2v) is 8.40. The summed E-state index contributed by atoms with van der Waals surface area (Å²) in [6.45, 7) is 0. The molecule has 0 atom stereocenters. The maximum Gasteiger partial charge on any atom is 0.125 e. The summed E-state index contributed by atoms with van der Waals surface area (Å²) >= 11 is 3.58. The minimum absolute atomic E-state index is 0.186. The summed E-state index contributed by atoms with van der Waals surface area (Å²) < 4.78 is 0.990. The lowest BCUT2D eigenvalue weighted by Gasteiger charge is -2.13. The molecule has 0 aliphatic heterocycles. The Morgan fingerprint density at radius 2 is 1.48 bits per heavy atom. The number of nitrogens with one attached hydrogen (secondary N) is 1. The maximum atomic E-state index is 10.9. The second kappa shape index (κ2) is 6.93. The summed E-state index contributed by atoms with van der Waals surface area (Å²) in [5.74, 6) is 0.186. The number of phenols is 1. The van der Waals surface area contributed by atoms with Gasteiger partial charge in [-0.05, 0) is 47.2 Å². The van der Waals surface area contributed by atoms with Crippen LogP contribution in [0.5, 0.6) is 5.75 Å². The van der Waals surface area contributed by atoms with E-state index in [1.165, 1.54) is 0 Å². The number of aromatic nitrogens is 3. The molecule has 0 radical (unpaired) electrons. The van der Waals surface area contributed by atoms with Crippen LogP contribution >= 0.6 is 15.9 Å². The van der Waals surface area contributed by atoms with E-state index in [4.69, 9.17) is 9.97 Å². The fourth-order valence-corrected chi connectivity index (χ4v) is 4.52. The van der Waals surface area contributed by atoms with Crippen molar-refractivity contribution >= 4 is 48.6 Å². The molecule has 4 aromatic carbocycles. The molecule has 0 aliphatic rings. The van der Waals surface area contributed by atoms with E-state index >= 15 is 0 Å². The first-order chi connectivity index (χ1) is 15.2. The van der Waals surface area contributed by atoms with E-state index < -0.39 is 0 Å². The lowest BCUT2D eigenvalue weighted by Crippen LogP contribution is -1.96. The van der Waals surface area contributed by atoms with E-state index in [0.717, 1.165) is 48.4 Å². The Kier molecular flexibility index (Phi) is 4.04. The smallest absolute Gasteiger partial charge is 0.125 e. The Bertz CT molecular complexity index is 1620. The summed E-state index contributed by atoms with van der Waals surface area (Å²) in [4.78, 5) is 13.3. The Morgan fingerprint density at radius 3 is 2.32 bits per heavy atom. The Balaban J connectivity index is 1.77. The number of hydrogen-bond donors (Lipinski definition) is 2. The molecule has 2 aromatic heterocycles. The molecule has 5 heteroatoms. The molecular formula is C26H16BrN3O.